The fourth-order valence-corrected chi connectivity index (χ4v) is 4.16. The van der Waals surface area contributed by atoms with E-state index in [2.05, 4.69) is 11.4 Å². The van der Waals surface area contributed by atoms with Crippen LogP contribution in [0.25, 0.3) is 10.1 Å². The number of aryl methyl sites for hydroxylation is 1. The zero-order chi connectivity index (χ0) is 20.1. The van der Waals surface area contributed by atoms with Gasteiger partial charge in [-0.15, -0.1) is 11.3 Å². The number of nitrogens with one attached hydrogen (secondary N) is 1. The molecule has 1 atom stereocenters. The summed E-state index contributed by atoms with van der Waals surface area (Å²) < 4.78 is 17.2. The number of amides is 1. The number of benzene rings is 2. The Labute approximate surface area is 169 Å². The second-order valence-corrected chi connectivity index (χ2v) is 7.55. The maximum absolute atomic E-state index is 12.8. The van der Waals surface area contributed by atoms with Crippen molar-refractivity contribution in [1.29, 1.82) is 0 Å². The van der Waals surface area contributed by atoms with E-state index in [0.29, 0.717) is 24.7 Å². The lowest BCUT2D eigenvalue weighted by Crippen LogP contribution is -2.26. The number of methoxy groups -OCH3 is 2. The summed E-state index contributed by atoms with van der Waals surface area (Å²) in [6.45, 7) is 4.91. The van der Waals surface area contributed by atoms with E-state index in [-0.39, 0.29) is 11.9 Å². The maximum Gasteiger partial charge on any atom is 0.262 e. The summed E-state index contributed by atoms with van der Waals surface area (Å²) in [5.74, 6) is 1.22. The molecule has 2 aromatic carbocycles. The molecule has 6 heteroatoms. The van der Waals surface area contributed by atoms with E-state index < -0.39 is 0 Å². The highest BCUT2D eigenvalue weighted by atomic mass is 32.1. The van der Waals surface area contributed by atoms with E-state index in [9.17, 15) is 4.79 Å². The Morgan fingerprint density at radius 2 is 1.89 bits per heavy atom. The predicted molar refractivity (Wildman–Crippen MR) is 113 cm³/mol. The van der Waals surface area contributed by atoms with Crippen molar-refractivity contribution in [2.45, 2.75) is 19.9 Å². The molecule has 3 rings (SSSR count). The van der Waals surface area contributed by atoms with E-state index in [4.69, 9.17) is 14.2 Å². The zero-order valence-corrected chi connectivity index (χ0v) is 17.4. The van der Waals surface area contributed by atoms with E-state index in [0.717, 1.165) is 26.1 Å². The fraction of sp³-hybridized carbons (Fsp3) is 0.318. The molecule has 0 aliphatic rings. The molecule has 1 aromatic heterocycles. The molecule has 1 unspecified atom stereocenters. The van der Waals surface area contributed by atoms with Crippen LogP contribution in [0.3, 0.4) is 0 Å². The van der Waals surface area contributed by atoms with E-state index in [1.807, 2.05) is 50.2 Å². The third kappa shape index (κ3) is 4.29. The number of thiophene rings is 1. The molecule has 1 N–H and O–H groups in total. The lowest BCUT2D eigenvalue weighted by molar-refractivity contribution is 0.0943. The lowest BCUT2D eigenvalue weighted by atomic mass is 10.1. The number of hydrogen-bond acceptors (Lipinski definition) is 5. The minimum Gasteiger partial charge on any atom is -0.493 e. The van der Waals surface area contributed by atoms with Crippen molar-refractivity contribution in [3.63, 3.8) is 0 Å². The Morgan fingerprint density at radius 3 is 2.61 bits per heavy atom. The van der Waals surface area contributed by atoms with Gasteiger partial charge in [-0.2, -0.15) is 0 Å². The first-order valence-electron chi connectivity index (χ1n) is 9.13. The van der Waals surface area contributed by atoms with Crippen LogP contribution in [0, 0.1) is 6.92 Å². The monoisotopic (exact) mass is 399 g/mol. The molecule has 0 spiro atoms. The molecule has 0 saturated carbocycles. The molecule has 0 aliphatic carbocycles. The standard InChI is InChI=1S/C22H25NO4S/c1-14-17-7-5-6-8-20(17)28-21(14)22(24)23-15(2)16-9-10-18(19(13-16)26-4)27-12-11-25-3/h5-10,13,15H,11-12H2,1-4H3,(H,23,24). The predicted octanol–water partition coefficient (Wildman–Crippen LogP) is 4.73. The quantitative estimate of drug-likeness (QED) is 0.556. The second-order valence-electron chi connectivity index (χ2n) is 6.50. The number of carbonyl (C=O) groups excluding carboxylic acids is 1. The number of carbonyl (C=O) groups is 1. The van der Waals surface area contributed by atoms with Gasteiger partial charge in [-0.3, -0.25) is 4.79 Å². The Bertz CT molecular complexity index is 966. The molecular weight excluding hydrogens is 374 g/mol. The molecular formula is C22H25NO4S. The van der Waals surface area contributed by atoms with Gasteiger partial charge in [0.25, 0.3) is 5.91 Å². The van der Waals surface area contributed by atoms with Gasteiger partial charge in [0.1, 0.15) is 6.61 Å². The van der Waals surface area contributed by atoms with Crippen LogP contribution >= 0.6 is 11.3 Å². The van der Waals surface area contributed by atoms with Crippen LogP contribution < -0.4 is 14.8 Å². The van der Waals surface area contributed by atoms with E-state index in [1.165, 1.54) is 11.3 Å². The molecule has 0 bridgehead atoms. The van der Waals surface area contributed by atoms with Crippen LogP contribution in [0.2, 0.25) is 0 Å². The Kier molecular flexibility index (Phi) is 6.54. The fourth-order valence-electron chi connectivity index (χ4n) is 3.04. The highest BCUT2D eigenvalue weighted by molar-refractivity contribution is 7.21. The van der Waals surface area contributed by atoms with Crippen molar-refractivity contribution in [2.24, 2.45) is 0 Å². The third-order valence-electron chi connectivity index (χ3n) is 4.63. The first kappa shape index (κ1) is 20.2. The number of fused-ring (bicyclic) bond motifs is 1. The molecule has 0 radical (unpaired) electrons. The average Bonchev–Trinajstić information content (AvgIpc) is 3.05. The molecule has 3 aromatic rings. The van der Waals surface area contributed by atoms with Gasteiger partial charge in [0.2, 0.25) is 0 Å². The summed E-state index contributed by atoms with van der Waals surface area (Å²) in [7, 11) is 3.23. The average molecular weight is 400 g/mol. The molecule has 5 nitrogen and oxygen atoms in total. The molecule has 1 amide bonds. The summed E-state index contributed by atoms with van der Waals surface area (Å²) in [5.41, 5.74) is 1.97. The molecule has 28 heavy (non-hydrogen) atoms. The van der Waals surface area contributed by atoms with Gasteiger partial charge < -0.3 is 19.5 Å². The SMILES string of the molecule is COCCOc1ccc(C(C)NC(=O)c2sc3ccccc3c2C)cc1OC. The van der Waals surface area contributed by atoms with E-state index in [1.54, 1.807) is 14.2 Å². The van der Waals surface area contributed by atoms with Gasteiger partial charge in [-0.25, -0.2) is 0 Å². The van der Waals surface area contributed by atoms with Gasteiger partial charge in [-0.1, -0.05) is 24.3 Å². The number of ether oxygens (including phenoxy) is 3. The van der Waals surface area contributed by atoms with Crippen molar-refractivity contribution in [2.75, 3.05) is 27.4 Å². The lowest BCUT2D eigenvalue weighted by Gasteiger charge is -2.17. The Balaban J connectivity index is 1.75. The molecule has 0 aliphatic heterocycles. The summed E-state index contributed by atoms with van der Waals surface area (Å²) in [6.07, 6.45) is 0. The third-order valence-corrected chi connectivity index (χ3v) is 5.90. The Morgan fingerprint density at radius 1 is 1.11 bits per heavy atom. The minimum atomic E-state index is -0.168. The normalized spacial score (nSPS) is 12.0. The highest BCUT2D eigenvalue weighted by Crippen LogP contribution is 2.32. The molecule has 148 valence electrons. The van der Waals surface area contributed by atoms with Crippen LogP contribution in [0.1, 0.15) is 33.8 Å². The number of hydrogen-bond donors (Lipinski definition) is 1. The van der Waals surface area contributed by atoms with E-state index >= 15 is 0 Å². The second kappa shape index (κ2) is 9.08. The van der Waals surface area contributed by atoms with Crippen molar-refractivity contribution in [1.82, 2.24) is 5.32 Å². The number of rotatable bonds is 8. The zero-order valence-electron chi connectivity index (χ0n) is 16.6. The molecule has 0 fully saturated rings. The highest BCUT2D eigenvalue weighted by Gasteiger charge is 2.18. The van der Waals surface area contributed by atoms with Crippen LogP contribution in [-0.4, -0.2) is 33.3 Å². The van der Waals surface area contributed by atoms with Crippen molar-refractivity contribution >= 4 is 27.3 Å². The van der Waals surface area contributed by atoms with Crippen LogP contribution in [0.4, 0.5) is 0 Å². The molecule has 1 heterocycles. The minimum absolute atomic E-state index is 0.0643. The van der Waals surface area contributed by atoms with Crippen LogP contribution in [0.15, 0.2) is 42.5 Å². The van der Waals surface area contributed by atoms with Crippen molar-refractivity contribution in [3.05, 3.63) is 58.5 Å². The van der Waals surface area contributed by atoms with Gasteiger partial charge in [0.05, 0.1) is 24.6 Å². The molecule has 0 saturated heterocycles. The van der Waals surface area contributed by atoms with Gasteiger partial charge in [0, 0.05) is 11.8 Å². The van der Waals surface area contributed by atoms with Gasteiger partial charge in [0.15, 0.2) is 11.5 Å². The summed E-state index contributed by atoms with van der Waals surface area (Å²) in [6, 6.07) is 13.6. The summed E-state index contributed by atoms with van der Waals surface area (Å²) >= 11 is 1.52. The van der Waals surface area contributed by atoms with Gasteiger partial charge >= 0.3 is 0 Å². The Hall–Kier alpha value is -2.57. The van der Waals surface area contributed by atoms with Crippen LogP contribution in [-0.2, 0) is 4.74 Å². The maximum atomic E-state index is 12.8. The van der Waals surface area contributed by atoms with Crippen molar-refractivity contribution in [3.8, 4) is 11.5 Å². The van der Waals surface area contributed by atoms with Crippen molar-refractivity contribution < 1.29 is 19.0 Å². The smallest absolute Gasteiger partial charge is 0.262 e. The van der Waals surface area contributed by atoms with Crippen LogP contribution in [0.5, 0.6) is 11.5 Å². The van der Waals surface area contributed by atoms with Gasteiger partial charge in [-0.05, 0) is 48.6 Å². The summed E-state index contributed by atoms with van der Waals surface area (Å²) in [4.78, 5) is 13.6. The summed E-state index contributed by atoms with van der Waals surface area (Å²) in [5, 5.41) is 4.22. The largest absolute Gasteiger partial charge is 0.493 e. The first-order valence-corrected chi connectivity index (χ1v) is 9.95. The topological polar surface area (TPSA) is 56.8 Å². The first-order chi connectivity index (χ1) is 13.5.